The van der Waals surface area contributed by atoms with Crippen LogP contribution in [0.3, 0.4) is 0 Å². The van der Waals surface area contributed by atoms with Gasteiger partial charge in [0.25, 0.3) is 6.08 Å². The van der Waals surface area contributed by atoms with Crippen molar-refractivity contribution in [2.45, 2.75) is 0 Å². The second-order valence-corrected chi connectivity index (χ2v) is 8.07. The molecule has 0 aliphatic heterocycles. The summed E-state index contributed by atoms with van der Waals surface area (Å²) in [5, 5.41) is 10.2. The van der Waals surface area contributed by atoms with Crippen LogP contribution in [-0.2, 0) is 4.79 Å². The Bertz CT molecular complexity index is 704. The van der Waals surface area contributed by atoms with Gasteiger partial charge in [0.2, 0.25) is 7.41 Å². The van der Waals surface area contributed by atoms with Crippen molar-refractivity contribution < 1.29 is 4.79 Å². The fourth-order valence-electron chi connectivity index (χ4n) is 2.67. The largest absolute Gasteiger partial charge is 0.261 e. The van der Waals surface area contributed by atoms with Crippen LogP contribution < -0.4 is 21.1 Å². The van der Waals surface area contributed by atoms with Crippen LogP contribution in [0.5, 0.6) is 0 Å². The molecule has 0 unspecified atom stereocenters. The van der Waals surface area contributed by atoms with Crippen molar-refractivity contribution >= 4 is 29.4 Å². The molecule has 0 spiro atoms. The highest BCUT2D eigenvalue weighted by atomic mass is 31.2. The van der Waals surface area contributed by atoms with Crippen LogP contribution in [0.4, 0.5) is 0 Å². The van der Waals surface area contributed by atoms with Crippen molar-refractivity contribution in [3.63, 3.8) is 0 Å². The standard InChI is InChI=1S/C19H16N2OP/c22-16-20-21-23(17-10-4-1-5-11-17,18-12-6-2-7-13-18)19-14-8-3-9-15-19/h1-15,21H/q+1. The average Bonchev–Trinajstić information content (AvgIpc) is 2.65. The summed E-state index contributed by atoms with van der Waals surface area (Å²) in [4.78, 5) is 10.8. The number of carbonyl (C=O) groups excluding carboxylic acids is 1. The minimum absolute atomic E-state index is 1.11. The third-order valence-corrected chi connectivity index (χ3v) is 7.29. The Labute approximate surface area is 136 Å². The highest BCUT2D eigenvalue weighted by Crippen LogP contribution is 2.50. The van der Waals surface area contributed by atoms with Gasteiger partial charge in [0.05, 0.1) is 0 Å². The summed E-state index contributed by atoms with van der Waals surface area (Å²) in [7, 11) is -2.25. The summed E-state index contributed by atoms with van der Waals surface area (Å²) in [6.45, 7) is 0. The molecule has 0 bridgehead atoms. The average molecular weight is 319 g/mol. The van der Waals surface area contributed by atoms with E-state index in [9.17, 15) is 4.79 Å². The third-order valence-electron chi connectivity index (χ3n) is 3.68. The van der Waals surface area contributed by atoms with E-state index in [0.717, 1.165) is 15.9 Å². The maximum absolute atomic E-state index is 10.8. The summed E-state index contributed by atoms with van der Waals surface area (Å²) < 4.78 is 0. The number of hydrogen-bond acceptors (Lipinski definition) is 3. The van der Waals surface area contributed by atoms with E-state index in [1.165, 1.54) is 0 Å². The van der Waals surface area contributed by atoms with Crippen molar-refractivity contribution in [2.75, 3.05) is 0 Å². The van der Waals surface area contributed by atoms with Crippen LogP contribution in [0.1, 0.15) is 0 Å². The molecule has 1 N–H and O–H groups in total. The van der Waals surface area contributed by atoms with Gasteiger partial charge >= 0.3 is 0 Å². The lowest BCUT2D eigenvalue weighted by atomic mass is 10.4. The fraction of sp³-hybridized carbons (Fsp3) is 0. The molecule has 112 valence electrons. The fourth-order valence-corrected chi connectivity index (χ4v) is 5.96. The van der Waals surface area contributed by atoms with Gasteiger partial charge in [0.1, 0.15) is 15.9 Å². The Morgan fingerprint density at radius 2 is 1.00 bits per heavy atom. The molecular weight excluding hydrogens is 303 g/mol. The van der Waals surface area contributed by atoms with Crippen LogP contribution in [0.2, 0.25) is 0 Å². The second kappa shape index (κ2) is 7.02. The molecule has 3 aromatic rings. The Morgan fingerprint density at radius 1 is 0.652 bits per heavy atom. The molecule has 3 rings (SSSR count). The highest BCUT2D eigenvalue weighted by Gasteiger charge is 2.46. The van der Waals surface area contributed by atoms with Crippen molar-refractivity contribution in [1.82, 2.24) is 5.20 Å². The summed E-state index contributed by atoms with van der Waals surface area (Å²) >= 11 is 0. The molecule has 0 saturated heterocycles. The smallest absolute Gasteiger partial charge is 0.209 e. The first-order valence-electron chi connectivity index (χ1n) is 7.28. The number of benzene rings is 3. The van der Waals surface area contributed by atoms with E-state index < -0.39 is 7.41 Å². The Kier molecular flexibility index (Phi) is 4.63. The molecule has 23 heavy (non-hydrogen) atoms. The summed E-state index contributed by atoms with van der Waals surface area (Å²) in [5.74, 6) is 0. The van der Waals surface area contributed by atoms with Crippen molar-refractivity contribution in [2.24, 2.45) is 5.10 Å². The molecule has 3 nitrogen and oxygen atoms in total. The number of rotatable bonds is 5. The molecule has 4 heteroatoms. The first-order chi connectivity index (χ1) is 11.4. The lowest BCUT2D eigenvalue weighted by molar-refractivity contribution is 0.562. The molecule has 0 saturated carbocycles. The van der Waals surface area contributed by atoms with Gasteiger partial charge in [-0.3, -0.25) is 0 Å². The second-order valence-electron chi connectivity index (χ2n) is 4.98. The van der Waals surface area contributed by atoms with Gasteiger partial charge in [-0.05, 0) is 36.4 Å². The molecule has 0 fully saturated rings. The molecule has 0 aromatic heterocycles. The zero-order valence-corrected chi connectivity index (χ0v) is 13.4. The zero-order chi connectivity index (χ0) is 16.0. The third kappa shape index (κ3) is 2.93. The van der Waals surface area contributed by atoms with Crippen LogP contribution in [0.15, 0.2) is 96.1 Å². The van der Waals surface area contributed by atoms with Gasteiger partial charge in [-0.2, -0.15) is 5.20 Å². The van der Waals surface area contributed by atoms with Crippen molar-refractivity contribution in [3.05, 3.63) is 91.0 Å². The van der Waals surface area contributed by atoms with E-state index in [0.29, 0.717) is 0 Å². The van der Waals surface area contributed by atoms with Crippen molar-refractivity contribution in [1.29, 1.82) is 0 Å². The monoisotopic (exact) mass is 319 g/mol. The quantitative estimate of drug-likeness (QED) is 0.340. The Hall–Kier alpha value is -2.73. The SMILES string of the molecule is O=C=NN[P+](c1ccccc1)(c1ccccc1)c1ccccc1. The normalized spacial score (nSPS) is 10.6. The topological polar surface area (TPSA) is 41.5 Å². The summed E-state index contributed by atoms with van der Waals surface area (Å²) in [6, 6.07) is 30.4. The van der Waals surface area contributed by atoms with E-state index in [2.05, 4.69) is 46.7 Å². The highest BCUT2D eigenvalue weighted by molar-refractivity contribution is 7.94. The van der Waals surface area contributed by atoms with Gasteiger partial charge < -0.3 is 0 Å². The van der Waals surface area contributed by atoms with Gasteiger partial charge in [-0.15, -0.1) is 0 Å². The number of isocyanates is 1. The van der Waals surface area contributed by atoms with E-state index in [1.54, 1.807) is 6.08 Å². The predicted molar refractivity (Wildman–Crippen MR) is 96.4 cm³/mol. The maximum atomic E-state index is 10.8. The molecule has 0 amide bonds. The number of hydrogen-bond donors (Lipinski definition) is 1. The number of nitrogens with one attached hydrogen (secondary N) is 1. The van der Waals surface area contributed by atoms with Gasteiger partial charge in [0, 0.05) is 0 Å². The molecule has 0 atom stereocenters. The van der Waals surface area contributed by atoms with E-state index >= 15 is 0 Å². The van der Waals surface area contributed by atoms with E-state index in [1.807, 2.05) is 54.6 Å². The van der Waals surface area contributed by atoms with Gasteiger partial charge in [-0.25, -0.2) is 4.79 Å². The lowest BCUT2D eigenvalue weighted by Crippen LogP contribution is -2.38. The molecule has 0 heterocycles. The zero-order valence-electron chi connectivity index (χ0n) is 12.5. The Morgan fingerprint density at radius 3 is 1.30 bits per heavy atom. The van der Waals surface area contributed by atoms with Crippen LogP contribution in [0, 0.1) is 0 Å². The van der Waals surface area contributed by atoms with Gasteiger partial charge in [0.15, 0.2) is 0 Å². The van der Waals surface area contributed by atoms with E-state index in [4.69, 9.17) is 0 Å². The lowest BCUT2D eigenvalue weighted by Gasteiger charge is -2.24. The van der Waals surface area contributed by atoms with Crippen LogP contribution >= 0.6 is 7.41 Å². The van der Waals surface area contributed by atoms with Crippen LogP contribution in [-0.4, -0.2) is 6.08 Å². The van der Waals surface area contributed by atoms with E-state index in [-0.39, 0.29) is 0 Å². The van der Waals surface area contributed by atoms with Crippen LogP contribution in [0.25, 0.3) is 0 Å². The minimum atomic E-state index is -2.25. The van der Waals surface area contributed by atoms with Gasteiger partial charge in [-0.1, -0.05) is 59.7 Å². The first kappa shape index (κ1) is 15.2. The summed E-state index contributed by atoms with van der Waals surface area (Å²) in [6.07, 6.45) is 1.62. The molecule has 3 aromatic carbocycles. The maximum Gasteiger partial charge on any atom is 0.261 e. The number of hydrazone groups is 1. The van der Waals surface area contributed by atoms with Crippen molar-refractivity contribution in [3.8, 4) is 0 Å². The number of nitrogens with zero attached hydrogens (tertiary/aromatic N) is 1. The molecular formula is C19H16N2OP+. The Balaban J connectivity index is 2.32. The molecule has 0 radical (unpaired) electrons. The summed E-state index contributed by atoms with van der Waals surface area (Å²) in [5.41, 5.74) is 0. The minimum Gasteiger partial charge on any atom is -0.209 e. The predicted octanol–water partition coefficient (Wildman–Crippen LogP) is 2.74. The molecule has 0 aliphatic carbocycles. The first-order valence-corrected chi connectivity index (χ1v) is 9.07. The molecule has 0 aliphatic rings.